The third-order valence-electron chi connectivity index (χ3n) is 2.56. The van der Waals surface area contributed by atoms with E-state index in [4.69, 9.17) is 17.3 Å². The molecule has 110 valence electrons. The lowest BCUT2D eigenvalue weighted by Crippen LogP contribution is -2.09. The summed E-state index contributed by atoms with van der Waals surface area (Å²) in [4.78, 5) is 11.9. The van der Waals surface area contributed by atoms with Crippen LogP contribution in [0, 0.1) is 0 Å². The van der Waals surface area contributed by atoms with Crippen LogP contribution < -0.4 is 5.73 Å². The van der Waals surface area contributed by atoms with Crippen molar-refractivity contribution in [3.8, 4) is 0 Å². The normalized spacial score (nSPS) is 11.9. The Morgan fingerprint density at radius 1 is 1.29 bits per heavy atom. The molecule has 2 rings (SSSR count). The summed E-state index contributed by atoms with van der Waals surface area (Å²) in [6.07, 6.45) is 2.42. The van der Waals surface area contributed by atoms with Crippen LogP contribution in [-0.4, -0.2) is 30.9 Å². The minimum absolute atomic E-state index is 0.0309. The molecule has 0 saturated carbocycles. The van der Waals surface area contributed by atoms with Gasteiger partial charge in [-0.1, -0.05) is 41.9 Å². The van der Waals surface area contributed by atoms with Crippen LogP contribution in [0.4, 0.5) is 5.82 Å². The van der Waals surface area contributed by atoms with E-state index in [0.717, 1.165) is 11.8 Å². The van der Waals surface area contributed by atoms with Crippen molar-refractivity contribution in [1.82, 2.24) is 9.97 Å². The molecule has 1 aromatic heterocycles. The van der Waals surface area contributed by atoms with Crippen molar-refractivity contribution < 1.29 is 8.42 Å². The van der Waals surface area contributed by atoms with Crippen LogP contribution in [-0.2, 0) is 16.4 Å². The Bertz CT molecular complexity index is 776. The van der Waals surface area contributed by atoms with Gasteiger partial charge in [-0.15, -0.1) is 0 Å². The molecule has 0 radical (unpaired) electrons. The SMILES string of the molecule is CS(=O)(=O)c1nc(N)c(C=NCc2ccccc2)nc1Cl. The zero-order valence-corrected chi connectivity index (χ0v) is 12.8. The number of rotatable bonds is 4. The number of sulfone groups is 1. The van der Waals surface area contributed by atoms with Gasteiger partial charge >= 0.3 is 0 Å². The number of nitrogen functional groups attached to an aromatic ring is 1. The number of anilines is 1. The average Bonchev–Trinajstić information content (AvgIpc) is 2.42. The Labute approximate surface area is 127 Å². The van der Waals surface area contributed by atoms with Gasteiger partial charge < -0.3 is 5.73 Å². The van der Waals surface area contributed by atoms with Crippen molar-refractivity contribution in [2.75, 3.05) is 12.0 Å². The minimum Gasteiger partial charge on any atom is -0.382 e. The average molecular weight is 325 g/mol. The maximum absolute atomic E-state index is 11.4. The van der Waals surface area contributed by atoms with E-state index in [1.807, 2.05) is 30.3 Å². The first-order chi connectivity index (χ1) is 9.88. The maximum atomic E-state index is 11.4. The van der Waals surface area contributed by atoms with Gasteiger partial charge in [-0.2, -0.15) is 0 Å². The van der Waals surface area contributed by atoms with Crippen LogP contribution in [0.25, 0.3) is 0 Å². The van der Waals surface area contributed by atoms with Crippen molar-refractivity contribution in [2.24, 2.45) is 4.99 Å². The lowest BCUT2D eigenvalue weighted by atomic mass is 10.2. The molecule has 0 amide bonds. The van der Waals surface area contributed by atoms with Gasteiger partial charge in [0.1, 0.15) is 5.69 Å². The summed E-state index contributed by atoms with van der Waals surface area (Å²) >= 11 is 5.81. The van der Waals surface area contributed by atoms with E-state index in [2.05, 4.69) is 15.0 Å². The summed E-state index contributed by atoms with van der Waals surface area (Å²) in [5.74, 6) is -0.0309. The number of hydrogen-bond donors (Lipinski definition) is 1. The van der Waals surface area contributed by atoms with Gasteiger partial charge in [0.2, 0.25) is 0 Å². The Kier molecular flexibility index (Phi) is 4.54. The smallest absolute Gasteiger partial charge is 0.195 e. The number of nitrogens with two attached hydrogens (primary N) is 1. The first-order valence-electron chi connectivity index (χ1n) is 5.95. The van der Waals surface area contributed by atoms with Crippen molar-refractivity contribution in [2.45, 2.75) is 11.6 Å². The summed E-state index contributed by atoms with van der Waals surface area (Å²) in [6.45, 7) is 0.452. The van der Waals surface area contributed by atoms with Gasteiger partial charge in [0.05, 0.1) is 12.8 Å². The number of benzene rings is 1. The van der Waals surface area contributed by atoms with E-state index < -0.39 is 9.84 Å². The molecule has 0 aliphatic rings. The molecule has 21 heavy (non-hydrogen) atoms. The first-order valence-corrected chi connectivity index (χ1v) is 8.21. The molecule has 1 heterocycles. The fraction of sp³-hybridized carbons (Fsp3) is 0.154. The molecule has 0 bridgehead atoms. The lowest BCUT2D eigenvalue weighted by Gasteiger charge is -2.04. The molecule has 0 aliphatic heterocycles. The molecule has 0 atom stereocenters. The summed E-state index contributed by atoms with van der Waals surface area (Å²) in [6, 6.07) is 9.62. The van der Waals surface area contributed by atoms with Crippen molar-refractivity contribution in [3.63, 3.8) is 0 Å². The van der Waals surface area contributed by atoms with Gasteiger partial charge in [0.25, 0.3) is 0 Å². The minimum atomic E-state index is -3.57. The monoisotopic (exact) mass is 324 g/mol. The van der Waals surface area contributed by atoms with E-state index in [1.165, 1.54) is 6.21 Å². The number of nitrogens with zero attached hydrogens (tertiary/aromatic N) is 3. The Morgan fingerprint density at radius 2 is 1.95 bits per heavy atom. The van der Waals surface area contributed by atoms with Crippen molar-refractivity contribution in [1.29, 1.82) is 0 Å². The molecule has 0 spiro atoms. The number of halogens is 1. The van der Waals surface area contributed by atoms with Crippen LogP contribution in [0.15, 0.2) is 40.4 Å². The maximum Gasteiger partial charge on any atom is 0.195 e. The zero-order chi connectivity index (χ0) is 15.5. The van der Waals surface area contributed by atoms with Crippen LogP contribution in [0.3, 0.4) is 0 Å². The highest BCUT2D eigenvalue weighted by Crippen LogP contribution is 2.19. The number of aromatic nitrogens is 2. The molecule has 0 unspecified atom stereocenters. The Hall–Kier alpha value is -1.99. The van der Waals surface area contributed by atoms with Crippen molar-refractivity contribution in [3.05, 3.63) is 46.7 Å². The largest absolute Gasteiger partial charge is 0.382 e. The van der Waals surface area contributed by atoms with Crippen molar-refractivity contribution >= 4 is 33.5 Å². The van der Waals surface area contributed by atoms with E-state index in [-0.39, 0.29) is 21.7 Å². The Morgan fingerprint density at radius 3 is 2.57 bits per heavy atom. The van der Waals surface area contributed by atoms with Crippen LogP contribution >= 0.6 is 11.6 Å². The molecule has 6 nitrogen and oxygen atoms in total. The molecular formula is C13H13ClN4O2S. The number of hydrogen-bond acceptors (Lipinski definition) is 6. The van der Waals surface area contributed by atoms with Crippen LogP contribution in [0.1, 0.15) is 11.3 Å². The predicted octanol–water partition coefficient (Wildman–Crippen LogP) is 1.73. The third-order valence-corrected chi connectivity index (χ3v) is 3.92. The molecule has 0 fully saturated rings. The summed E-state index contributed by atoms with van der Waals surface area (Å²) in [5.41, 5.74) is 6.94. The zero-order valence-electron chi connectivity index (χ0n) is 11.2. The van der Waals surface area contributed by atoms with Crippen LogP contribution in [0.2, 0.25) is 5.15 Å². The molecule has 0 aliphatic carbocycles. The van der Waals surface area contributed by atoms with E-state index >= 15 is 0 Å². The predicted molar refractivity (Wildman–Crippen MR) is 82.3 cm³/mol. The van der Waals surface area contributed by atoms with Gasteiger partial charge in [0.15, 0.2) is 25.8 Å². The summed E-state index contributed by atoms with van der Waals surface area (Å²) in [7, 11) is -3.57. The van der Waals surface area contributed by atoms with E-state index in [1.54, 1.807) is 0 Å². The lowest BCUT2D eigenvalue weighted by molar-refractivity contribution is 0.598. The standard InChI is InChI=1S/C13H13ClN4O2S/c1-21(19,20)13-11(14)17-10(12(15)18-13)8-16-7-9-5-3-2-4-6-9/h2-6,8H,7H2,1H3,(H2,15,18). The molecule has 2 aromatic rings. The molecular weight excluding hydrogens is 312 g/mol. The summed E-state index contributed by atoms with van der Waals surface area (Å²) < 4.78 is 22.9. The van der Waals surface area contributed by atoms with Crippen LogP contribution in [0.5, 0.6) is 0 Å². The highest BCUT2D eigenvalue weighted by molar-refractivity contribution is 7.90. The van der Waals surface area contributed by atoms with Gasteiger partial charge in [-0.25, -0.2) is 18.4 Å². The highest BCUT2D eigenvalue weighted by Gasteiger charge is 2.18. The second-order valence-electron chi connectivity index (χ2n) is 4.32. The molecule has 0 saturated heterocycles. The van der Waals surface area contributed by atoms with E-state index in [0.29, 0.717) is 6.54 Å². The molecule has 1 aromatic carbocycles. The fourth-order valence-corrected chi connectivity index (χ4v) is 2.75. The fourth-order valence-electron chi connectivity index (χ4n) is 1.58. The van der Waals surface area contributed by atoms with E-state index in [9.17, 15) is 8.42 Å². The highest BCUT2D eigenvalue weighted by atomic mass is 35.5. The Balaban J connectivity index is 2.24. The second kappa shape index (κ2) is 6.19. The van der Waals surface area contributed by atoms with Gasteiger partial charge in [-0.3, -0.25) is 4.99 Å². The first kappa shape index (κ1) is 15.4. The number of aliphatic imine (C=N–C) groups is 1. The second-order valence-corrected chi connectivity index (χ2v) is 6.61. The van der Waals surface area contributed by atoms with Gasteiger partial charge in [-0.05, 0) is 5.56 Å². The molecule has 2 N–H and O–H groups in total. The summed E-state index contributed by atoms with van der Waals surface area (Å²) in [5, 5.41) is -0.547. The van der Waals surface area contributed by atoms with Gasteiger partial charge in [0, 0.05) is 6.26 Å². The molecule has 8 heteroatoms. The quantitative estimate of drug-likeness (QED) is 0.864. The third kappa shape index (κ3) is 3.99. The topological polar surface area (TPSA) is 98.3 Å².